The summed E-state index contributed by atoms with van der Waals surface area (Å²) in [7, 11) is 0. The Morgan fingerprint density at radius 1 is 1.15 bits per heavy atom. The molecule has 0 radical (unpaired) electrons. The van der Waals surface area contributed by atoms with E-state index >= 15 is 0 Å². The Kier molecular flexibility index (Phi) is 6.47. The number of carbonyl (C=O) groups is 2. The minimum Gasteiger partial charge on any atom is -0.484 e. The summed E-state index contributed by atoms with van der Waals surface area (Å²) < 4.78 is 5.56. The fourth-order valence-electron chi connectivity index (χ4n) is 3.21. The van der Waals surface area contributed by atoms with Crippen LogP contribution in [0.3, 0.4) is 0 Å². The third kappa shape index (κ3) is 5.58. The van der Waals surface area contributed by atoms with Crippen LogP contribution in [0.5, 0.6) is 5.75 Å². The van der Waals surface area contributed by atoms with Crippen molar-refractivity contribution in [2.75, 3.05) is 18.1 Å². The van der Waals surface area contributed by atoms with E-state index in [2.05, 4.69) is 17.4 Å². The van der Waals surface area contributed by atoms with E-state index in [1.54, 1.807) is 17.0 Å². The Hall–Kier alpha value is -2.82. The Morgan fingerprint density at radius 3 is 2.56 bits per heavy atom. The number of benzene rings is 2. The zero-order valence-electron chi connectivity index (χ0n) is 15.7. The van der Waals surface area contributed by atoms with Gasteiger partial charge in [-0.15, -0.1) is 0 Å². The van der Waals surface area contributed by atoms with Gasteiger partial charge in [0.15, 0.2) is 6.61 Å². The monoisotopic (exact) mass is 366 g/mol. The molecule has 1 saturated heterocycles. The molecular weight excluding hydrogens is 340 g/mol. The molecule has 1 atom stereocenters. The maximum absolute atomic E-state index is 12.1. The van der Waals surface area contributed by atoms with Crippen LogP contribution >= 0.6 is 0 Å². The van der Waals surface area contributed by atoms with Crippen molar-refractivity contribution in [1.82, 2.24) is 5.32 Å². The maximum Gasteiger partial charge on any atom is 0.258 e. The second kappa shape index (κ2) is 9.21. The van der Waals surface area contributed by atoms with Crippen molar-refractivity contribution in [2.24, 2.45) is 0 Å². The topological polar surface area (TPSA) is 58.6 Å². The van der Waals surface area contributed by atoms with Gasteiger partial charge in [0, 0.05) is 24.7 Å². The molecule has 5 heteroatoms. The molecule has 5 nitrogen and oxygen atoms in total. The molecule has 1 heterocycles. The number of nitrogens with zero attached hydrogens (tertiary/aromatic N) is 1. The van der Waals surface area contributed by atoms with Gasteiger partial charge in [-0.25, -0.2) is 0 Å². The van der Waals surface area contributed by atoms with Crippen molar-refractivity contribution in [3.63, 3.8) is 0 Å². The van der Waals surface area contributed by atoms with Crippen molar-refractivity contribution in [1.29, 1.82) is 0 Å². The van der Waals surface area contributed by atoms with Gasteiger partial charge in [0.05, 0.1) is 0 Å². The second-order valence-electron chi connectivity index (χ2n) is 6.92. The first-order chi connectivity index (χ1) is 13.1. The number of hydrogen-bond acceptors (Lipinski definition) is 3. The number of amides is 2. The van der Waals surface area contributed by atoms with Crippen LogP contribution in [-0.2, 0) is 16.0 Å². The summed E-state index contributed by atoms with van der Waals surface area (Å²) in [6, 6.07) is 17.6. The molecule has 1 N–H and O–H groups in total. The van der Waals surface area contributed by atoms with Gasteiger partial charge < -0.3 is 15.0 Å². The summed E-state index contributed by atoms with van der Waals surface area (Å²) in [5.41, 5.74) is 2.15. The number of anilines is 1. The lowest BCUT2D eigenvalue weighted by Gasteiger charge is -2.16. The highest BCUT2D eigenvalue weighted by Gasteiger charge is 2.21. The highest BCUT2D eigenvalue weighted by Crippen LogP contribution is 2.23. The van der Waals surface area contributed by atoms with Crippen molar-refractivity contribution in [3.05, 3.63) is 60.2 Å². The average Bonchev–Trinajstić information content (AvgIpc) is 3.12. The first kappa shape index (κ1) is 19.0. The predicted molar refractivity (Wildman–Crippen MR) is 106 cm³/mol. The Labute approximate surface area is 160 Å². The van der Waals surface area contributed by atoms with E-state index in [4.69, 9.17) is 4.74 Å². The van der Waals surface area contributed by atoms with Crippen molar-refractivity contribution < 1.29 is 14.3 Å². The second-order valence-corrected chi connectivity index (χ2v) is 6.92. The lowest BCUT2D eigenvalue weighted by molar-refractivity contribution is -0.123. The van der Waals surface area contributed by atoms with E-state index in [-0.39, 0.29) is 24.5 Å². The minimum atomic E-state index is -0.130. The molecule has 27 heavy (non-hydrogen) atoms. The quantitative estimate of drug-likeness (QED) is 0.780. The first-order valence-electron chi connectivity index (χ1n) is 9.48. The number of hydrogen-bond donors (Lipinski definition) is 1. The first-order valence-corrected chi connectivity index (χ1v) is 9.48. The van der Waals surface area contributed by atoms with E-state index in [0.29, 0.717) is 12.2 Å². The van der Waals surface area contributed by atoms with E-state index in [9.17, 15) is 9.59 Å². The highest BCUT2D eigenvalue weighted by molar-refractivity contribution is 5.95. The molecule has 0 spiro atoms. The van der Waals surface area contributed by atoms with Crippen molar-refractivity contribution >= 4 is 17.5 Å². The van der Waals surface area contributed by atoms with Crippen LogP contribution in [0.2, 0.25) is 0 Å². The van der Waals surface area contributed by atoms with E-state index in [0.717, 1.165) is 31.5 Å². The number of nitrogens with one attached hydrogen (secondary N) is 1. The van der Waals surface area contributed by atoms with Gasteiger partial charge in [-0.3, -0.25) is 9.59 Å². The summed E-state index contributed by atoms with van der Waals surface area (Å²) in [4.78, 5) is 25.6. The molecule has 1 fully saturated rings. The SMILES string of the molecule is CC(CCc1ccccc1)NC(=O)COc1ccc(N2CCCC2=O)cc1. The van der Waals surface area contributed by atoms with Gasteiger partial charge in [0.1, 0.15) is 5.75 Å². The van der Waals surface area contributed by atoms with Crippen LogP contribution < -0.4 is 15.0 Å². The number of rotatable bonds is 8. The molecule has 0 bridgehead atoms. The fraction of sp³-hybridized carbons (Fsp3) is 0.364. The van der Waals surface area contributed by atoms with Gasteiger partial charge in [-0.1, -0.05) is 30.3 Å². The molecule has 1 aliphatic rings. The Bertz CT molecular complexity index is 759. The third-order valence-electron chi connectivity index (χ3n) is 4.71. The molecule has 1 aliphatic heterocycles. The van der Waals surface area contributed by atoms with Crippen LogP contribution in [0.25, 0.3) is 0 Å². The summed E-state index contributed by atoms with van der Waals surface area (Å²) in [6.07, 6.45) is 3.33. The van der Waals surface area contributed by atoms with Crippen LogP contribution in [0, 0.1) is 0 Å². The predicted octanol–water partition coefficient (Wildman–Crippen LogP) is 3.33. The molecule has 1 unspecified atom stereocenters. The molecule has 0 aliphatic carbocycles. The average molecular weight is 366 g/mol. The van der Waals surface area contributed by atoms with E-state index < -0.39 is 0 Å². The molecule has 0 saturated carbocycles. The molecule has 3 rings (SSSR count). The van der Waals surface area contributed by atoms with Gasteiger partial charge in [0.2, 0.25) is 5.91 Å². The zero-order chi connectivity index (χ0) is 19.1. The Balaban J connectivity index is 1.40. The Morgan fingerprint density at radius 2 is 1.89 bits per heavy atom. The van der Waals surface area contributed by atoms with E-state index in [1.165, 1.54) is 5.56 Å². The summed E-state index contributed by atoms with van der Waals surface area (Å²) in [5.74, 6) is 0.652. The number of aryl methyl sites for hydroxylation is 1. The van der Waals surface area contributed by atoms with Gasteiger partial charge in [-0.2, -0.15) is 0 Å². The van der Waals surface area contributed by atoms with Crippen molar-refractivity contribution in [3.8, 4) is 5.75 Å². The number of ether oxygens (including phenoxy) is 1. The smallest absolute Gasteiger partial charge is 0.258 e. The largest absolute Gasteiger partial charge is 0.484 e. The van der Waals surface area contributed by atoms with Crippen LogP contribution in [0.15, 0.2) is 54.6 Å². The van der Waals surface area contributed by atoms with Crippen LogP contribution in [0.1, 0.15) is 31.7 Å². The molecular formula is C22H26N2O3. The van der Waals surface area contributed by atoms with Crippen molar-refractivity contribution in [2.45, 2.75) is 38.6 Å². The van der Waals surface area contributed by atoms with E-state index in [1.807, 2.05) is 37.3 Å². The molecule has 2 amide bonds. The van der Waals surface area contributed by atoms with Gasteiger partial charge >= 0.3 is 0 Å². The molecule has 2 aromatic carbocycles. The molecule has 142 valence electrons. The van der Waals surface area contributed by atoms with Crippen LogP contribution in [0.4, 0.5) is 5.69 Å². The standard InChI is InChI=1S/C22H26N2O3/c1-17(9-10-18-6-3-2-4-7-18)23-21(25)16-27-20-13-11-19(12-14-20)24-15-5-8-22(24)26/h2-4,6-7,11-14,17H,5,8-10,15-16H2,1H3,(H,23,25). The van der Waals surface area contributed by atoms with Gasteiger partial charge in [-0.05, 0) is 56.0 Å². The van der Waals surface area contributed by atoms with Gasteiger partial charge in [0.25, 0.3) is 5.91 Å². The van der Waals surface area contributed by atoms with Crippen LogP contribution in [-0.4, -0.2) is 31.0 Å². The highest BCUT2D eigenvalue weighted by atomic mass is 16.5. The molecule has 0 aromatic heterocycles. The maximum atomic E-state index is 12.1. The zero-order valence-corrected chi connectivity index (χ0v) is 15.7. The third-order valence-corrected chi connectivity index (χ3v) is 4.71. The lowest BCUT2D eigenvalue weighted by atomic mass is 10.1. The lowest BCUT2D eigenvalue weighted by Crippen LogP contribution is -2.36. The number of carbonyl (C=O) groups excluding carboxylic acids is 2. The fourth-order valence-corrected chi connectivity index (χ4v) is 3.21. The normalized spacial score (nSPS) is 14.9. The summed E-state index contributed by atoms with van der Waals surface area (Å²) >= 11 is 0. The summed E-state index contributed by atoms with van der Waals surface area (Å²) in [6.45, 7) is 2.75. The summed E-state index contributed by atoms with van der Waals surface area (Å²) in [5, 5.41) is 2.97. The molecule has 2 aromatic rings. The minimum absolute atomic E-state index is 0.0162.